The van der Waals surface area contributed by atoms with E-state index in [0.29, 0.717) is 5.56 Å². The number of carbonyl (C=O) groups is 1. The van der Waals surface area contributed by atoms with Gasteiger partial charge in [0.05, 0.1) is 17.5 Å². The second kappa shape index (κ2) is 9.85. The Hall–Kier alpha value is -3.03. The Morgan fingerprint density at radius 2 is 1.73 bits per heavy atom. The van der Waals surface area contributed by atoms with Gasteiger partial charge in [-0.2, -0.15) is 4.31 Å². The van der Waals surface area contributed by atoms with Gasteiger partial charge in [0.25, 0.3) is 0 Å². The molecule has 1 aliphatic rings. The lowest BCUT2D eigenvalue weighted by Gasteiger charge is -2.28. The van der Waals surface area contributed by atoms with Crippen molar-refractivity contribution >= 4 is 15.9 Å². The van der Waals surface area contributed by atoms with Crippen LogP contribution in [0.1, 0.15) is 41.1 Å². The Bertz CT molecular complexity index is 1230. The van der Waals surface area contributed by atoms with Gasteiger partial charge >= 0.3 is 0 Å². The van der Waals surface area contributed by atoms with Gasteiger partial charge in [-0.1, -0.05) is 54.1 Å². The quantitative estimate of drug-likeness (QED) is 0.557. The van der Waals surface area contributed by atoms with Crippen LogP contribution in [0, 0.1) is 12.7 Å². The molecule has 5 nitrogen and oxygen atoms in total. The highest BCUT2D eigenvalue weighted by Crippen LogP contribution is 2.29. The van der Waals surface area contributed by atoms with E-state index in [9.17, 15) is 17.6 Å². The Morgan fingerprint density at radius 1 is 1.03 bits per heavy atom. The number of nitrogens with zero attached hydrogens (tertiary/aromatic N) is 1. The molecule has 0 bridgehead atoms. The molecule has 4 rings (SSSR count). The van der Waals surface area contributed by atoms with Crippen LogP contribution in [0.5, 0.6) is 0 Å². The van der Waals surface area contributed by atoms with E-state index in [4.69, 9.17) is 0 Å². The fourth-order valence-electron chi connectivity index (χ4n) is 4.18. The second-order valence-corrected chi connectivity index (χ2v) is 10.4. The maximum absolute atomic E-state index is 13.4. The molecule has 1 unspecified atom stereocenters. The zero-order chi connectivity index (χ0) is 23.4. The van der Waals surface area contributed by atoms with Gasteiger partial charge in [-0.3, -0.25) is 4.79 Å². The molecule has 0 saturated heterocycles. The van der Waals surface area contributed by atoms with Gasteiger partial charge in [-0.15, -0.1) is 0 Å². The van der Waals surface area contributed by atoms with Crippen molar-refractivity contribution in [1.29, 1.82) is 0 Å². The van der Waals surface area contributed by atoms with Gasteiger partial charge in [0.1, 0.15) is 5.82 Å². The monoisotopic (exact) mass is 466 g/mol. The van der Waals surface area contributed by atoms with Crippen LogP contribution in [-0.4, -0.2) is 25.2 Å². The minimum atomic E-state index is -3.94. The number of halogens is 1. The number of nitrogens with one attached hydrogen (secondary N) is 1. The topological polar surface area (TPSA) is 66.5 Å². The maximum atomic E-state index is 13.4. The summed E-state index contributed by atoms with van der Waals surface area (Å²) in [4.78, 5) is 13.1. The normalized spacial score (nSPS) is 15.8. The molecule has 7 heteroatoms. The van der Waals surface area contributed by atoms with E-state index in [1.165, 1.54) is 42.0 Å². The van der Waals surface area contributed by atoms with Crippen molar-refractivity contribution in [2.24, 2.45) is 0 Å². The molecule has 33 heavy (non-hydrogen) atoms. The molecule has 0 spiro atoms. The molecular formula is C26H27FN2O3S. The Labute approximate surface area is 194 Å². The molecule has 1 atom stereocenters. The molecule has 0 saturated carbocycles. The lowest BCUT2D eigenvalue weighted by molar-refractivity contribution is -0.122. The number of rotatable bonds is 7. The van der Waals surface area contributed by atoms with Crippen molar-refractivity contribution in [2.45, 2.75) is 43.7 Å². The second-order valence-electron chi connectivity index (χ2n) is 8.42. The average molecular weight is 467 g/mol. The van der Waals surface area contributed by atoms with E-state index in [0.717, 1.165) is 34.7 Å². The first-order valence-electron chi connectivity index (χ1n) is 11.0. The number of benzene rings is 3. The predicted molar refractivity (Wildman–Crippen MR) is 125 cm³/mol. The summed E-state index contributed by atoms with van der Waals surface area (Å²) in [5, 5.41) is 3.03. The molecule has 3 aromatic carbocycles. The smallest absolute Gasteiger partial charge is 0.243 e. The van der Waals surface area contributed by atoms with Crippen LogP contribution >= 0.6 is 0 Å². The molecule has 172 valence electrons. The number of sulfonamides is 1. The van der Waals surface area contributed by atoms with Crippen LogP contribution in [-0.2, 0) is 27.8 Å². The third-order valence-electron chi connectivity index (χ3n) is 5.96. The Balaban J connectivity index is 1.57. The molecule has 1 aliphatic carbocycles. The highest BCUT2D eigenvalue weighted by molar-refractivity contribution is 7.89. The van der Waals surface area contributed by atoms with Crippen LogP contribution < -0.4 is 5.32 Å². The van der Waals surface area contributed by atoms with Crippen molar-refractivity contribution in [3.05, 3.63) is 101 Å². The van der Waals surface area contributed by atoms with Crippen LogP contribution in [0.3, 0.4) is 0 Å². The molecule has 3 aromatic rings. The number of carbonyl (C=O) groups excluding carboxylic acids is 1. The van der Waals surface area contributed by atoms with Crippen molar-refractivity contribution in [1.82, 2.24) is 9.62 Å². The van der Waals surface area contributed by atoms with Crippen LogP contribution in [0.2, 0.25) is 0 Å². The van der Waals surface area contributed by atoms with Crippen molar-refractivity contribution in [2.75, 3.05) is 6.54 Å². The van der Waals surface area contributed by atoms with Crippen molar-refractivity contribution in [3.8, 4) is 0 Å². The highest BCUT2D eigenvalue weighted by atomic mass is 32.2. The highest BCUT2D eigenvalue weighted by Gasteiger charge is 2.29. The molecule has 1 N–H and O–H groups in total. The minimum absolute atomic E-state index is 0.0365. The number of fused-ring (bicyclic) bond motifs is 1. The number of hydrogen-bond donors (Lipinski definition) is 1. The summed E-state index contributed by atoms with van der Waals surface area (Å²) in [6, 6.07) is 20.0. The Morgan fingerprint density at radius 3 is 2.45 bits per heavy atom. The summed E-state index contributed by atoms with van der Waals surface area (Å²) in [6.45, 7) is 1.51. The lowest BCUT2D eigenvalue weighted by Crippen LogP contribution is -2.42. The van der Waals surface area contributed by atoms with E-state index in [1.807, 2.05) is 25.1 Å². The minimum Gasteiger partial charge on any atom is -0.348 e. The maximum Gasteiger partial charge on any atom is 0.243 e. The first-order chi connectivity index (χ1) is 15.8. The average Bonchev–Trinajstić information content (AvgIpc) is 2.80. The SMILES string of the molecule is Cc1ccc(S(=O)(=O)N(CC(=O)NC2CCCc3ccccc32)Cc2ccc(F)cc2)cc1. The zero-order valence-corrected chi connectivity index (χ0v) is 19.3. The first-order valence-corrected chi connectivity index (χ1v) is 12.5. The first kappa shape index (κ1) is 23.1. The van der Waals surface area contributed by atoms with Gasteiger partial charge in [0.2, 0.25) is 15.9 Å². The van der Waals surface area contributed by atoms with Gasteiger partial charge < -0.3 is 5.32 Å². The lowest BCUT2D eigenvalue weighted by atomic mass is 9.88. The number of hydrogen-bond acceptors (Lipinski definition) is 3. The van der Waals surface area contributed by atoms with Gasteiger partial charge in [0, 0.05) is 6.54 Å². The van der Waals surface area contributed by atoms with Crippen LogP contribution in [0.25, 0.3) is 0 Å². The third-order valence-corrected chi connectivity index (χ3v) is 7.76. The molecule has 0 radical (unpaired) electrons. The zero-order valence-electron chi connectivity index (χ0n) is 18.5. The summed E-state index contributed by atoms with van der Waals surface area (Å²) in [5.41, 5.74) is 3.84. The van der Waals surface area contributed by atoms with E-state index in [-0.39, 0.29) is 29.9 Å². The standard InChI is InChI=1S/C26H27FN2O3S/c1-19-9-15-23(16-10-19)33(31,32)29(17-20-11-13-22(27)14-12-20)18-26(30)28-25-8-4-6-21-5-2-3-7-24(21)25/h2-3,5,7,9-16,25H,4,6,8,17-18H2,1H3,(H,28,30). The van der Waals surface area contributed by atoms with Gasteiger partial charge in [-0.05, 0) is 67.1 Å². The number of amides is 1. The fourth-order valence-corrected chi connectivity index (χ4v) is 5.57. The fraction of sp³-hybridized carbons (Fsp3) is 0.269. The molecule has 0 fully saturated rings. The summed E-state index contributed by atoms with van der Waals surface area (Å²) in [5.74, 6) is -0.769. The molecule has 0 heterocycles. The van der Waals surface area contributed by atoms with Crippen LogP contribution in [0.4, 0.5) is 4.39 Å². The van der Waals surface area contributed by atoms with Crippen molar-refractivity contribution < 1.29 is 17.6 Å². The van der Waals surface area contributed by atoms with E-state index < -0.39 is 15.8 Å². The molecule has 1 amide bonds. The molecule has 0 aromatic heterocycles. The van der Waals surface area contributed by atoms with E-state index >= 15 is 0 Å². The van der Waals surface area contributed by atoms with E-state index in [2.05, 4.69) is 11.4 Å². The predicted octanol–water partition coefficient (Wildman–Crippen LogP) is 4.52. The Kier molecular flexibility index (Phi) is 6.91. The summed E-state index contributed by atoms with van der Waals surface area (Å²) < 4.78 is 41.3. The van der Waals surface area contributed by atoms with E-state index in [1.54, 1.807) is 12.1 Å². The number of aryl methyl sites for hydroxylation is 2. The van der Waals surface area contributed by atoms with Crippen LogP contribution in [0.15, 0.2) is 77.7 Å². The van der Waals surface area contributed by atoms with Gasteiger partial charge in [0.15, 0.2) is 0 Å². The summed E-state index contributed by atoms with van der Waals surface area (Å²) in [6.07, 6.45) is 2.75. The summed E-state index contributed by atoms with van der Waals surface area (Å²) in [7, 11) is -3.94. The largest absolute Gasteiger partial charge is 0.348 e. The third kappa shape index (κ3) is 5.49. The molecule has 0 aliphatic heterocycles. The summed E-state index contributed by atoms with van der Waals surface area (Å²) >= 11 is 0. The van der Waals surface area contributed by atoms with Crippen molar-refractivity contribution in [3.63, 3.8) is 0 Å². The molecular weight excluding hydrogens is 439 g/mol. The van der Waals surface area contributed by atoms with Gasteiger partial charge in [-0.25, -0.2) is 12.8 Å².